The van der Waals surface area contributed by atoms with Gasteiger partial charge >= 0.3 is 0 Å². The molecule has 0 aliphatic rings. The average Bonchev–Trinajstić information content (AvgIpc) is 2.20. The lowest BCUT2D eigenvalue weighted by molar-refractivity contribution is 0.589. The Kier molecular flexibility index (Phi) is 4.17. The normalized spacial score (nSPS) is 11.1. The second-order valence-corrected chi connectivity index (χ2v) is 5.57. The highest BCUT2D eigenvalue weighted by atomic mass is 14.9. The third-order valence-electron chi connectivity index (χ3n) is 2.94. The van der Waals surface area contributed by atoms with Gasteiger partial charge in [-0.2, -0.15) is 5.26 Å². The van der Waals surface area contributed by atoms with Crippen LogP contribution < -0.4 is 5.32 Å². The van der Waals surface area contributed by atoms with Crippen LogP contribution in [0.25, 0.3) is 0 Å². The minimum atomic E-state index is 0.181. The molecular weight excluding hydrogens is 208 g/mol. The van der Waals surface area contributed by atoms with Gasteiger partial charge in [-0.15, -0.1) is 0 Å². The molecule has 1 rings (SSSR count). The van der Waals surface area contributed by atoms with Crippen molar-refractivity contribution >= 4 is 5.69 Å². The quantitative estimate of drug-likeness (QED) is 0.799. The van der Waals surface area contributed by atoms with Gasteiger partial charge in [0.05, 0.1) is 12.5 Å². The highest BCUT2D eigenvalue weighted by molar-refractivity contribution is 5.59. The second-order valence-electron chi connectivity index (χ2n) is 5.57. The number of nitrogens with zero attached hydrogens (tertiary/aromatic N) is 1. The van der Waals surface area contributed by atoms with Crippen LogP contribution in [0.4, 0.5) is 5.69 Å². The van der Waals surface area contributed by atoms with Crippen molar-refractivity contribution in [1.29, 1.82) is 5.26 Å². The minimum absolute atomic E-state index is 0.181. The van der Waals surface area contributed by atoms with E-state index in [0.29, 0.717) is 13.0 Å². The van der Waals surface area contributed by atoms with Crippen LogP contribution in [0.1, 0.15) is 43.9 Å². The van der Waals surface area contributed by atoms with Gasteiger partial charge in [-0.1, -0.05) is 32.9 Å². The molecule has 0 saturated carbocycles. The first kappa shape index (κ1) is 13.6. The summed E-state index contributed by atoms with van der Waals surface area (Å²) in [5.74, 6) is 0. The Labute approximate surface area is 105 Å². The van der Waals surface area contributed by atoms with E-state index in [9.17, 15) is 0 Å². The standard InChI is InChI=1S/C15H22N2/c1-11-9-13(15(3,4)5)10-12(2)14(11)17-8-6-7-16/h9-10,17H,6,8H2,1-5H3. The molecule has 0 heterocycles. The zero-order valence-electron chi connectivity index (χ0n) is 11.5. The summed E-state index contributed by atoms with van der Waals surface area (Å²) < 4.78 is 0. The Morgan fingerprint density at radius 2 is 1.71 bits per heavy atom. The van der Waals surface area contributed by atoms with Gasteiger partial charge < -0.3 is 5.32 Å². The number of hydrogen-bond acceptors (Lipinski definition) is 2. The van der Waals surface area contributed by atoms with Gasteiger partial charge in [-0.05, 0) is 36.0 Å². The fourth-order valence-electron chi connectivity index (χ4n) is 1.92. The van der Waals surface area contributed by atoms with E-state index in [2.05, 4.69) is 58.1 Å². The Morgan fingerprint density at radius 1 is 1.18 bits per heavy atom. The summed E-state index contributed by atoms with van der Waals surface area (Å²) in [7, 11) is 0. The largest absolute Gasteiger partial charge is 0.384 e. The topological polar surface area (TPSA) is 35.8 Å². The van der Waals surface area contributed by atoms with E-state index in [1.165, 1.54) is 22.4 Å². The number of benzene rings is 1. The molecule has 0 spiro atoms. The Balaban J connectivity index is 2.99. The lowest BCUT2D eigenvalue weighted by Gasteiger charge is -2.22. The SMILES string of the molecule is Cc1cc(C(C)(C)C)cc(C)c1NCCC#N. The number of hydrogen-bond donors (Lipinski definition) is 1. The molecule has 0 radical (unpaired) electrons. The molecule has 0 aliphatic heterocycles. The molecule has 0 amide bonds. The molecule has 0 aromatic heterocycles. The highest BCUT2D eigenvalue weighted by Gasteiger charge is 2.15. The molecule has 0 fully saturated rings. The van der Waals surface area contributed by atoms with Gasteiger partial charge in [0.1, 0.15) is 0 Å². The Hall–Kier alpha value is -1.49. The van der Waals surface area contributed by atoms with Crippen LogP contribution in [0, 0.1) is 25.2 Å². The van der Waals surface area contributed by atoms with E-state index in [1.807, 2.05) is 0 Å². The lowest BCUT2D eigenvalue weighted by atomic mass is 9.85. The van der Waals surface area contributed by atoms with E-state index in [1.54, 1.807) is 0 Å². The fraction of sp³-hybridized carbons (Fsp3) is 0.533. The Bertz CT molecular complexity index is 410. The van der Waals surface area contributed by atoms with E-state index >= 15 is 0 Å². The highest BCUT2D eigenvalue weighted by Crippen LogP contribution is 2.29. The van der Waals surface area contributed by atoms with Gasteiger partial charge in [0, 0.05) is 12.2 Å². The molecule has 2 heteroatoms. The molecule has 17 heavy (non-hydrogen) atoms. The maximum atomic E-state index is 8.54. The minimum Gasteiger partial charge on any atom is -0.384 e. The summed E-state index contributed by atoms with van der Waals surface area (Å²) in [6.07, 6.45) is 0.542. The van der Waals surface area contributed by atoms with E-state index < -0.39 is 0 Å². The van der Waals surface area contributed by atoms with Crippen LogP contribution in [0.3, 0.4) is 0 Å². The molecule has 0 unspecified atom stereocenters. The van der Waals surface area contributed by atoms with Crippen molar-refractivity contribution in [3.8, 4) is 6.07 Å². The van der Waals surface area contributed by atoms with Gasteiger partial charge in [0.25, 0.3) is 0 Å². The summed E-state index contributed by atoms with van der Waals surface area (Å²) in [5.41, 5.74) is 5.23. The summed E-state index contributed by atoms with van der Waals surface area (Å²) in [4.78, 5) is 0. The number of nitrogens with one attached hydrogen (secondary N) is 1. The maximum absolute atomic E-state index is 8.54. The van der Waals surface area contributed by atoms with Crippen molar-refractivity contribution in [3.63, 3.8) is 0 Å². The van der Waals surface area contributed by atoms with Crippen LogP contribution in [-0.2, 0) is 5.41 Å². The predicted octanol–water partition coefficient (Wildman–Crippen LogP) is 3.93. The van der Waals surface area contributed by atoms with E-state index in [0.717, 1.165) is 0 Å². The molecule has 1 aromatic carbocycles. The molecule has 92 valence electrons. The fourth-order valence-corrected chi connectivity index (χ4v) is 1.92. The van der Waals surface area contributed by atoms with Crippen molar-refractivity contribution < 1.29 is 0 Å². The molecular formula is C15H22N2. The third kappa shape index (κ3) is 3.49. The molecule has 1 aromatic rings. The monoisotopic (exact) mass is 230 g/mol. The predicted molar refractivity (Wildman–Crippen MR) is 73.3 cm³/mol. The summed E-state index contributed by atoms with van der Waals surface area (Å²) in [6.45, 7) is 11.6. The molecule has 0 atom stereocenters. The summed E-state index contributed by atoms with van der Waals surface area (Å²) in [5, 5.41) is 11.9. The first-order chi connectivity index (χ1) is 7.86. The van der Waals surface area contributed by atoms with Crippen molar-refractivity contribution in [3.05, 3.63) is 28.8 Å². The van der Waals surface area contributed by atoms with E-state index in [4.69, 9.17) is 5.26 Å². The van der Waals surface area contributed by atoms with Gasteiger partial charge in [0.15, 0.2) is 0 Å². The smallest absolute Gasteiger partial charge is 0.0640 e. The van der Waals surface area contributed by atoms with Crippen LogP contribution in [-0.4, -0.2) is 6.54 Å². The Morgan fingerprint density at radius 3 is 2.12 bits per heavy atom. The summed E-state index contributed by atoms with van der Waals surface area (Å²) in [6, 6.07) is 6.63. The van der Waals surface area contributed by atoms with Crippen LogP contribution in [0.5, 0.6) is 0 Å². The van der Waals surface area contributed by atoms with Crippen LogP contribution >= 0.6 is 0 Å². The van der Waals surface area contributed by atoms with Crippen molar-refractivity contribution in [2.75, 3.05) is 11.9 Å². The maximum Gasteiger partial charge on any atom is 0.0640 e. The van der Waals surface area contributed by atoms with Crippen LogP contribution in [0.2, 0.25) is 0 Å². The molecule has 1 N–H and O–H groups in total. The molecule has 0 aliphatic carbocycles. The molecule has 0 bridgehead atoms. The van der Waals surface area contributed by atoms with Gasteiger partial charge in [-0.25, -0.2) is 0 Å². The van der Waals surface area contributed by atoms with Crippen LogP contribution in [0.15, 0.2) is 12.1 Å². The number of aryl methyl sites for hydroxylation is 2. The second kappa shape index (κ2) is 5.23. The number of anilines is 1. The number of nitriles is 1. The summed E-state index contributed by atoms with van der Waals surface area (Å²) >= 11 is 0. The molecule has 0 saturated heterocycles. The van der Waals surface area contributed by atoms with E-state index in [-0.39, 0.29) is 5.41 Å². The van der Waals surface area contributed by atoms with Gasteiger partial charge in [-0.3, -0.25) is 0 Å². The lowest BCUT2D eigenvalue weighted by Crippen LogP contribution is -2.13. The zero-order valence-corrected chi connectivity index (χ0v) is 11.5. The van der Waals surface area contributed by atoms with Crippen molar-refractivity contribution in [2.24, 2.45) is 0 Å². The third-order valence-corrected chi connectivity index (χ3v) is 2.94. The first-order valence-electron chi connectivity index (χ1n) is 6.09. The molecule has 2 nitrogen and oxygen atoms in total. The first-order valence-corrected chi connectivity index (χ1v) is 6.09. The van der Waals surface area contributed by atoms with Crippen molar-refractivity contribution in [2.45, 2.75) is 46.5 Å². The van der Waals surface area contributed by atoms with Crippen molar-refractivity contribution in [1.82, 2.24) is 0 Å². The average molecular weight is 230 g/mol. The zero-order chi connectivity index (χ0) is 13.1. The van der Waals surface area contributed by atoms with Gasteiger partial charge in [0.2, 0.25) is 0 Å². The number of rotatable bonds is 3.